The quantitative estimate of drug-likeness (QED) is 0.794. The number of furan rings is 1. The van der Waals surface area contributed by atoms with E-state index < -0.39 is 0 Å². The van der Waals surface area contributed by atoms with Crippen LogP contribution in [0.15, 0.2) is 31.1 Å². The van der Waals surface area contributed by atoms with Crippen molar-refractivity contribution in [3.05, 3.63) is 42.9 Å². The lowest BCUT2D eigenvalue weighted by molar-refractivity contribution is 0.412. The first-order valence-electron chi connectivity index (χ1n) is 5.97. The number of hydrogen-bond acceptors (Lipinski definition) is 3. The van der Waals surface area contributed by atoms with Crippen LogP contribution in [0, 0.1) is 0 Å². The number of hydrogen-bond donors (Lipinski definition) is 1. The highest BCUT2D eigenvalue weighted by Crippen LogP contribution is 2.34. The molecule has 2 heterocycles. The Morgan fingerprint density at radius 1 is 1.44 bits per heavy atom. The molecule has 0 aromatic carbocycles. The second-order valence-electron chi connectivity index (χ2n) is 4.46. The van der Waals surface area contributed by atoms with E-state index in [1.165, 1.54) is 24.8 Å². The maximum Gasteiger partial charge on any atom is 0.183 e. The Morgan fingerprint density at radius 3 is 3.11 bits per heavy atom. The van der Waals surface area contributed by atoms with Crippen molar-refractivity contribution in [3.8, 4) is 0 Å². The Balaban J connectivity index is 1.68. The minimum Gasteiger partial charge on any atom is -0.452 e. The number of fused-ring (bicyclic) bond motifs is 1. The molecule has 2 aromatic rings. The van der Waals surface area contributed by atoms with E-state index in [4.69, 9.17) is 4.42 Å². The zero-order chi connectivity index (χ0) is 12.5. The molecule has 0 aliphatic heterocycles. The molecule has 3 rings (SSSR count). The van der Waals surface area contributed by atoms with Gasteiger partial charge in [0, 0.05) is 10.9 Å². The summed E-state index contributed by atoms with van der Waals surface area (Å²) in [7, 11) is 0. The predicted molar refractivity (Wildman–Crippen MR) is 80.9 cm³/mol. The normalized spacial score (nSPS) is 18.9. The lowest BCUT2D eigenvalue weighted by Gasteiger charge is -2.23. The maximum atomic E-state index is 5.58. The molecule has 0 fully saturated rings. The van der Waals surface area contributed by atoms with Crippen molar-refractivity contribution >= 4 is 43.2 Å². The van der Waals surface area contributed by atoms with Crippen molar-refractivity contribution in [2.45, 2.75) is 31.8 Å². The topological polar surface area (TPSA) is 25.2 Å². The minimum absolute atomic E-state index is 0.475. The first-order chi connectivity index (χ1) is 8.74. The highest BCUT2D eigenvalue weighted by molar-refractivity contribution is 9.13. The van der Waals surface area contributed by atoms with Crippen LogP contribution in [-0.2, 0) is 13.0 Å². The van der Waals surface area contributed by atoms with Crippen LogP contribution < -0.4 is 5.32 Å². The van der Waals surface area contributed by atoms with E-state index in [1.54, 1.807) is 4.88 Å². The van der Waals surface area contributed by atoms with Crippen LogP contribution in [0.3, 0.4) is 0 Å². The average molecular weight is 391 g/mol. The van der Waals surface area contributed by atoms with Crippen molar-refractivity contribution in [2.24, 2.45) is 0 Å². The summed E-state index contributed by atoms with van der Waals surface area (Å²) in [4.78, 5) is 1.54. The number of nitrogens with one attached hydrogen (secondary N) is 1. The van der Waals surface area contributed by atoms with Gasteiger partial charge in [-0.25, -0.2) is 0 Å². The van der Waals surface area contributed by atoms with E-state index in [0.29, 0.717) is 6.04 Å². The molecule has 18 heavy (non-hydrogen) atoms. The second kappa shape index (κ2) is 5.49. The first kappa shape index (κ1) is 12.9. The molecule has 1 atom stereocenters. The van der Waals surface area contributed by atoms with Crippen molar-refractivity contribution in [3.63, 3.8) is 0 Å². The van der Waals surface area contributed by atoms with Crippen molar-refractivity contribution in [1.82, 2.24) is 5.32 Å². The standard InChI is InChI=1S/C13H13Br2NOS/c14-10-6-8(17-13(10)15)7-16-11-2-1-3-12-9(11)4-5-18-12/h4-6,11,16H,1-3,7H2. The van der Waals surface area contributed by atoms with Gasteiger partial charge >= 0.3 is 0 Å². The zero-order valence-electron chi connectivity index (χ0n) is 9.71. The van der Waals surface area contributed by atoms with Gasteiger partial charge in [0.25, 0.3) is 0 Å². The van der Waals surface area contributed by atoms with E-state index in [-0.39, 0.29) is 0 Å². The number of aryl methyl sites for hydroxylation is 1. The first-order valence-corrected chi connectivity index (χ1v) is 8.44. The molecule has 0 saturated heterocycles. The molecule has 0 saturated carbocycles. The molecule has 1 unspecified atom stereocenters. The summed E-state index contributed by atoms with van der Waals surface area (Å²) < 4.78 is 7.32. The van der Waals surface area contributed by atoms with Gasteiger partial charge in [0.15, 0.2) is 4.67 Å². The van der Waals surface area contributed by atoms with Gasteiger partial charge < -0.3 is 9.73 Å². The third-order valence-electron chi connectivity index (χ3n) is 3.27. The van der Waals surface area contributed by atoms with Gasteiger partial charge in [-0.2, -0.15) is 0 Å². The van der Waals surface area contributed by atoms with Gasteiger partial charge in [0.2, 0.25) is 0 Å². The van der Waals surface area contributed by atoms with Crippen LogP contribution in [0.2, 0.25) is 0 Å². The van der Waals surface area contributed by atoms with Gasteiger partial charge in [-0.15, -0.1) is 11.3 Å². The summed E-state index contributed by atoms with van der Waals surface area (Å²) in [6.07, 6.45) is 3.73. The maximum absolute atomic E-state index is 5.58. The lowest BCUT2D eigenvalue weighted by Crippen LogP contribution is -2.23. The second-order valence-corrected chi connectivity index (χ2v) is 7.03. The van der Waals surface area contributed by atoms with Crippen molar-refractivity contribution in [2.75, 3.05) is 0 Å². The molecular formula is C13H13Br2NOS. The molecule has 0 spiro atoms. The van der Waals surface area contributed by atoms with Gasteiger partial charge in [0.05, 0.1) is 11.0 Å². The smallest absolute Gasteiger partial charge is 0.183 e. The number of rotatable bonds is 3. The molecule has 1 aliphatic carbocycles. The van der Waals surface area contributed by atoms with E-state index in [0.717, 1.165) is 21.4 Å². The largest absolute Gasteiger partial charge is 0.452 e. The van der Waals surface area contributed by atoms with Gasteiger partial charge in [-0.05, 0) is 74.2 Å². The molecule has 0 amide bonds. The van der Waals surface area contributed by atoms with Crippen LogP contribution in [0.25, 0.3) is 0 Å². The predicted octanol–water partition coefficient (Wildman–Crippen LogP) is 5.03. The molecule has 0 radical (unpaired) electrons. The van der Waals surface area contributed by atoms with Crippen molar-refractivity contribution < 1.29 is 4.42 Å². The molecule has 96 valence electrons. The number of halogens is 2. The Labute approximate surface area is 127 Å². The highest BCUT2D eigenvalue weighted by atomic mass is 79.9. The Hall–Kier alpha value is -0.100. The van der Waals surface area contributed by atoms with Gasteiger partial charge in [0.1, 0.15) is 5.76 Å². The SMILES string of the molecule is Brc1cc(CNC2CCCc3sccc32)oc1Br. The number of thiophene rings is 1. The van der Waals surface area contributed by atoms with E-state index in [2.05, 4.69) is 48.6 Å². The minimum atomic E-state index is 0.475. The van der Waals surface area contributed by atoms with Gasteiger partial charge in [-0.3, -0.25) is 0 Å². The Kier molecular flexibility index (Phi) is 3.94. The molecule has 1 N–H and O–H groups in total. The Morgan fingerprint density at radius 2 is 2.33 bits per heavy atom. The van der Waals surface area contributed by atoms with E-state index in [9.17, 15) is 0 Å². The van der Waals surface area contributed by atoms with Crippen LogP contribution in [0.5, 0.6) is 0 Å². The summed E-state index contributed by atoms with van der Waals surface area (Å²) in [5, 5.41) is 5.79. The molecule has 5 heteroatoms. The fraction of sp³-hybridized carbons (Fsp3) is 0.385. The van der Waals surface area contributed by atoms with Crippen LogP contribution in [0.1, 0.15) is 35.1 Å². The van der Waals surface area contributed by atoms with E-state index in [1.807, 2.05) is 17.4 Å². The summed E-state index contributed by atoms with van der Waals surface area (Å²) in [6, 6.07) is 4.74. The highest BCUT2D eigenvalue weighted by Gasteiger charge is 2.21. The third-order valence-corrected chi connectivity index (χ3v) is 5.98. The van der Waals surface area contributed by atoms with Crippen LogP contribution >= 0.6 is 43.2 Å². The van der Waals surface area contributed by atoms with Crippen molar-refractivity contribution in [1.29, 1.82) is 0 Å². The zero-order valence-corrected chi connectivity index (χ0v) is 13.7. The molecule has 0 bridgehead atoms. The summed E-state index contributed by atoms with van der Waals surface area (Å²) in [6.45, 7) is 0.768. The van der Waals surface area contributed by atoms with Crippen LogP contribution in [-0.4, -0.2) is 0 Å². The van der Waals surface area contributed by atoms with E-state index >= 15 is 0 Å². The van der Waals surface area contributed by atoms with Gasteiger partial charge in [-0.1, -0.05) is 0 Å². The summed E-state index contributed by atoms with van der Waals surface area (Å²) in [5.41, 5.74) is 1.48. The monoisotopic (exact) mass is 389 g/mol. The third kappa shape index (κ3) is 2.59. The molecule has 2 aromatic heterocycles. The Bertz CT molecular complexity index is 529. The lowest BCUT2D eigenvalue weighted by atomic mass is 9.94. The van der Waals surface area contributed by atoms with Crippen LogP contribution in [0.4, 0.5) is 0 Å². The fourth-order valence-electron chi connectivity index (χ4n) is 2.40. The average Bonchev–Trinajstić information content (AvgIpc) is 2.94. The summed E-state index contributed by atoms with van der Waals surface area (Å²) in [5.74, 6) is 0.955. The molecular weight excluding hydrogens is 378 g/mol. The fourth-order valence-corrected chi connectivity index (χ4v) is 4.05. The summed E-state index contributed by atoms with van der Waals surface area (Å²) >= 11 is 8.68. The molecule has 1 aliphatic rings. The molecule has 2 nitrogen and oxygen atoms in total.